The third kappa shape index (κ3) is 3.04. The Kier molecular flexibility index (Phi) is 4.12. The molecule has 8 heteroatoms. The van der Waals surface area contributed by atoms with Crippen molar-refractivity contribution >= 4 is 20.7 Å². The Morgan fingerprint density at radius 3 is 2.52 bits per heavy atom. The van der Waals surface area contributed by atoms with Crippen LogP contribution in [0.1, 0.15) is 24.7 Å². The highest BCUT2D eigenvalue weighted by Crippen LogP contribution is 2.39. The molecule has 3 aromatic rings. The summed E-state index contributed by atoms with van der Waals surface area (Å²) in [6, 6.07) is 9.73. The molecular formula is C19H18FN3O3S. The van der Waals surface area contributed by atoms with Crippen LogP contribution >= 0.6 is 0 Å². The predicted molar refractivity (Wildman–Crippen MR) is 100 cm³/mol. The van der Waals surface area contributed by atoms with Crippen molar-refractivity contribution in [2.24, 2.45) is 11.7 Å². The van der Waals surface area contributed by atoms with Crippen LogP contribution in [-0.2, 0) is 9.84 Å². The summed E-state index contributed by atoms with van der Waals surface area (Å²) in [7, 11) is -3.68. The first kappa shape index (κ1) is 17.8. The van der Waals surface area contributed by atoms with Crippen LogP contribution < -0.4 is 11.3 Å². The highest BCUT2D eigenvalue weighted by molar-refractivity contribution is 7.91. The Morgan fingerprint density at radius 2 is 1.89 bits per heavy atom. The summed E-state index contributed by atoms with van der Waals surface area (Å²) < 4.78 is 40.0. The van der Waals surface area contributed by atoms with Crippen molar-refractivity contribution in [2.45, 2.75) is 23.8 Å². The number of aromatic nitrogens is 2. The molecule has 2 aromatic carbocycles. The molecule has 2 N–H and O–H groups in total. The fraction of sp³-hybridized carbons (Fsp3) is 0.263. The van der Waals surface area contributed by atoms with E-state index in [1.54, 1.807) is 12.1 Å². The van der Waals surface area contributed by atoms with Crippen LogP contribution in [0.25, 0.3) is 16.6 Å². The van der Waals surface area contributed by atoms with E-state index in [1.807, 2.05) is 0 Å². The number of halogens is 1. The van der Waals surface area contributed by atoms with E-state index >= 15 is 0 Å². The van der Waals surface area contributed by atoms with Crippen LogP contribution in [0.3, 0.4) is 0 Å². The maximum absolute atomic E-state index is 14.5. The third-order valence-electron chi connectivity index (χ3n) is 4.81. The van der Waals surface area contributed by atoms with Crippen LogP contribution in [-0.4, -0.2) is 24.2 Å². The lowest BCUT2D eigenvalue weighted by atomic mass is 10.1. The number of sulfone groups is 1. The summed E-state index contributed by atoms with van der Waals surface area (Å²) in [5, 5.41) is -0.0602. The molecule has 27 heavy (non-hydrogen) atoms. The van der Waals surface area contributed by atoms with Gasteiger partial charge in [-0.3, -0.25) is 9.36 Å². The van der Waals surface area contributed by atoms with Crippen molar-refractivity contribution < 1.29 is 12.8 Å². The molecule has 1 heterocycles. The first-order valence-corrected chi connectivity index (χ1v) is 10.4. The zero-order chi connectivity index (χ0) is 19.3. The molecule has 4 rings (SSSR count). The molecular weight excluding hydrogens is 369 g/mol. The fourth-order valence-electron chi connectivity index (χ4n) is 3.28. The van der Waals surface area contributed by atoms with E-state index in [2.05, 4.69) is 4.98 Å². The van der Waals surface area contributed by atoms with Gasteiger partial charge in [0.15, 0.2) is 9.84 Å². The van der Waals surface area contributed by atoms with Crippen molar-refractivity contribution in [3.05, 3.63) is 64.5 Å². The summed E-state index contributed by atoms with van der Waals surface area (Å²) in [5.41, 5.74) is 5.91. The normalized spacial score (nSPS) is 15.8. The molecule has 1 saturated carbocycles. The van der Waals surface area contributed by atoms with Crippen molar-refractivity contribution in [3.63, 3.8) is 0 Å². The monoisotopic (exact) mass is 387 g/mol. The third-order valence-corrected chi connectivity index (χ3v) is 5.95. The van der Waals surface area contributed by atoms with E-state index in [0.29, 0.717) is 0 Å². The van der Waals surface area contributed by atoms with Gasteiger partial charge in [0, 0.05) is 6.26 Å². The van der Waals surface area contributed by atoms with Crippen LogP contribution in [0, 0.1) is 11.7 Å². The molecule has 6 nitrogen and oxygen atoms in total. The van der Waals surface area contributed by atoms with Gasteiger partial charge in [-0.2, -0.15) is 0 Å². The number of nitrogens with zero attached hydrogens (tertiary/aromatic N) is 2. The second-order valence-corrected chi connectivity index (χ2v) is 8.83. The Hall–Kier alpha value is -2.58. The molecule has 0 aliphatic heterocycles. The lowest BCUT2D eigenvalue weighted by Crippen LogP contribution is -2.30. The molecule has 0 spiro atoms. The molecule has 0 amide bonds. The average Bonchev–Trinajstić information content (AvgIpc) is 3.46. The minimum atomic E-state index is -3.68. The van der Waals surface area contributed by atoms with Gasteiger partial charge in [0.05, 0.1) is 27.5 Å². The maximum atomic E-state index is 14.5. The lowest BCUT2D eigenvalue weighted by Gasteiger charge is -2.19. The number of benzene rings is 2. The van der Waals surface area contributed by atoms with E-state index in [1.165, 1.54) is 30.3 Å². The topological polar surface area (TPSA) is 95.0 Å². The van der Waals surface area contributed by atoms with E-state index in [9.17, 15) is 17.6 Å². The molecule has 1 aromatic heterocycles. The first-order valence-electron chi connectivity index (χ1n) is 8.55. The van der Waals surface area contributed by atoms with Gasteiger partial charge in [-0.25, -0.2) is 17.8 Å². The Morgan fingerprint density at radius 1 is 1.19 bits per heavy atom. The number of nitrogens with two attached hydrogens (primary N) is 1. The largest absolute Gasteiger partial charge is 0.321 e. The number of hydrogen-bond donors (Lipinski definition) is 1. The second-order valence-electron chi connectivity index (χ2n) is 6.85. The van der Waals surface area contributed by atoms with E-state index < -0.39 is 27.3 Å². The summed E-state index contributed by atoms with van der Waals surface area (Å²) in [4.78, 5) is 17.7. The average molecular weight is 387 g/mol. The van der Waals surface area contributed by atoms with E-state index in [-0.39, 0.29) is 33.2 Å². The van der Waals surface area contributed by atoms with Gasteiger partial charge >= 0.3 is 0 Å². The summed E-state index contributed by atoms with van der Waals surface area (Å²) in [6.07, 6.45) is 2.85. The first-order chi connectivity index (χ1) is 12.8. The minimum absolute atomic E-state index is 0.00584. The predicted octanol–water partition coefficient (Wildman–Crippen LogP) is 2.34. The zero-order valence-electron chi connectivity index (χ0n) is 14.6. The smallest absolute Gasteiger partial charge is 0.267 e. The standard InChI is InChI=1S/C19H18FN3O3S/c1-27(25,26)15-8-4-6-13-16(15)19(24)23(14-7-3-2-5-12(14)20)18(22-13)17(21)11-9-10-11/h2-8,11,17H,9-10,21H2,1H3/t17-/m0/s1. The molecule has 1 aliphatic carbocycles. The van der Waals surface area contributed by atoms with Gasteiger partial charge in [-0.1, -0.05) is 18.2 Å². The molecule has 1 fully saturated rings. The molecule has 0 radical (unpaired) electrons. The van der Waals surface area contributed by atoms with E-state index in [0.717, 1.165) is 23.7 Å². The number of hydrogen-bond acceptors (Lipinski definition) is 5. The number of fused-ring (bicyclic) bond motifs is 1. The maximum Gasteiger partial charge on any atom is 0.267 e. The van der Waals surface area contributed by atoms with Crippen LogP contribution in [0.5, 0.6) is 0 Å². The highest BCUT2D eigenvalue weighted by Gasteiger charge is 2.34. The van der Waals surface area contributed by atoms with Crippen molar-refractivity contribution in [1.82, 2.24) is 9.55 Å². The molecule has 1 aliphatic rings. The van der Waals surface area contributed by atoms with E-state index in [4.69, 9.17) is 5.73 Å². The van der Waals surface area contributed by atoms with Crippen LogP contribution in [0.2, 0.25) is 0 Å². The molecule has 1 atom stereocenters. The minimum Gasteiger partial charge on any atom is -0.321 e. The second kappa shape index (κ2) is 6.24. The Balaban J connectivity index is 2.15. The summed E-state index contributed by atoms with van der Waals surface area (Å²) in [5.74, 6) is -0.196. The molecule has 0 bridgehead atoms. The van der Waals surface area contributed by atoms with Crippen LogP contribution in [0.4, 0.5) is 4.39 Å². The van der Waals surface area contributed by atoms with Gasteiger partial charge < -0.3 is 5.73 Å². The zero-order valence-corrected chi connectivity index (χ0v) is 15.4. The van der Waals surface area contributed by atoms with Gasteiger partial charge in [-0.15, -0.1) is 0 Å². The fourth-order valence-corrected chi connectivity index (χ4v) is 4.17. The van der Waals surface area contributed by atoms with Gasteiger partial charge in [0.25, 0.3) is 5.56 Å². The Bertz CT molecular complexity index is 1220. The Labute approximate surface area is 155 Å². The molecule has 0 unspecified atom stereocenters. The SMILES string of the molecule is CS(=O)(=O)c1cccc2nc([C@@H](N)C3CC3)n(-c3ccccc3F)c(=O)c12. The highest BCUT2D eigenvalue weighted by atomic mass is 32.2. The molecule has 140 valence electrons. The van der Waals surface area contributed by atoms with Gasteiger partial charge in [-0.05, 0) is 43.0 Å². The lowest BCUT2D eigenvalue weighted by molar-refractivity contribution is 0.559. The number of para-hydroxylation sites is 1. The summed E-state index contributed by atoms with van der Waals surface area (Å²) >= 11 is 0. The molecule has 0 saturated heterocycles. The number of rotatable bonds is 4. The quantitative estimate of drug-likeness (QED) is 0.741. The van der Waals surface area contributed by atoms with Gasteiger partial charge in [0.1, 0.15) is 11.6 Å². The van der Waals surface area contributed by atoms with Crippen LogP contribution in [0.15, 0.2) is 52.2 Å². The van der Waals surface area contributed by atoms with Gasteiger partial charge in [0.2, 0.25) is 0 Å². The van der Waals surface area contributed by atoms with Crippen molar-refractivity contribution in [1.29, 1.82) is 0 Å². The van der Waals surface area contributed by atoms with Crippen molar-refractivity contribution in [3.8, 4) is 5.69 Å². The summed E-state index contributed by atoms with van der Waals surface area (Å²) in [6.45, 7) is 0. The van der Waals surface area contributed by atoms with Crippen molar-refractivity contribution in [2.75, 3.05) is 6.26 Å².